The summed E-state index contributed by atoms with van der Waals surface area (Å²) in [4.78, 5) is 43.4. The number of aliphatic hydroxyl groups excluding tert-OH is 1. The molecule has 0 saturated heterocycles. The van der Waals surface area contributed by atoms with Crippen LogP contribution in [-0.4, -0.2) is 50.3 Å². The Balaban J connectivity index is 1.21. The Kier molecular flexibility index (Phi) is 8.02. The highest BCUT2D eigenvalue weighted by Gasteiger charge is 2.73. The maximum Gasteiger partial charge on any atom is 0.326 e. The number of hydrogen-bond donors (Lipinski definition) is 5. The zero-order chi connectivity index (χ0) is 35.3. The molecule has 7 rings (SSSR count). The number of amides is 1. The molecular weight excluding hydrogens is 616 g/mol. The van der Waals surface area contributed by atoms with E-state index < -0.39 is 34.9 Å². The molecule has 1 heterocycles. The summed E-state index contributed by atoms with van der Waals surface area (Å²) in [6.45, 7) is 15.6. The summed E-state index contributed by atoms with van der Waals surface area (Å²) in [6, 6.07) is 6.80. The number of H-pyrrole nitrogens is 1. The second-order valence-corrected chi connectivity index (χ2v) is 17.9. The van der Waals surface area contributed by atoms with Gasteiger partial charge in [-0.15, -0.1) is 0 Å². The van der Waals surface area contributed by atoms with Gasteiger partial charge in [0.1, 0.15) is 6.04 Å². The Morgan fingerprint density at radius 1 is 0.918 bits per heavy atom. The minimum absolute atomic E-state index is 0.0489. The highest BCUT2D eigenvalue weighted by Crippen LogP contribution is 2.77. The van der Waals surface area contributed by atoms with Crippen molar-refractivity contribution in [2.45, 2.75) is 117 Å². The lowest BCUT2D eigenvalue weighted by molar-refractivity contribution is -0.249. The largest absolute Gasteiger partial charge is 0.481 e. The molecule has 5 aliphatic carbocycles. The molecule has 2 aromatic rings. The molecule has 5 aliphatic rings. The van der Waals surface area contributed by atoms with Gasteiger partial charge in [-0.25, -0.2) is 4.79 Å². The van der Waals surface area contributed by atoms with Crippen molar-refractivity contribution in [1.82, 2.24) is 10.3 Å². The first kappa shape index (κ1) is 34.3. The monoisotopic (exact) mass is 672 g/mol. The van der Waals surface area contributed by atoms with Gasteiger partial charge in [-0.05, 0) is 136 Å². The third-order valence-electron chi connectivity index (χ3n) is 16.3. The third-order valence-corrected chi connectivity index (χ3v) is 16.3. The fourth-order valence-corrected chi connectivity index (χ4v) is 13.5. The van der Waals surface area contributed by atoms with Crippen LogP contribution in [0.3, 0.4) is 0 Å². The van der Waals surface area contributed by atoms with E-state index in [4.69, 9.17) is 0 Å². The molecule has 0 unspecified atom stereocenters. The molecule has 5 saturated carbocycles. The maximum atomic E-state index is 14.7. The van der Waals surface area contributed by atoms with Gasteiger partial charge in [0, 0.05) is 23.5 Å². The molecule has 1 aromatic carbocycles. The summed E-state index contributed by atoms with van der Waals surface area (Å²) < 4.78 is 0. The summed E-state index contributed by atoms with van der Waals surface area (Å²) in [7, 11) is 0. The van der Waals surface area contributed by atoms with Crippen molar-refractivity contribution in [3.05, 3.63) is 48.2 Å². The SMILES string of the molecule is C=C(C)[C@@H]1CC[C@]2(C(=O)N[C@@H](Cc3c[nH]c4ccccc34)C(=O)O)CC[C@]3(C)[C@H](CC[C@@H]4[C@@]5(C)CC[C@@H](O)[C@@](C)(C(=O)O)[C@@H]5CC[C@]43C)[C@@H]12. The number of aliphatic hydroxyl groups is 1. The van der Waals surface area contributed by atoms with Crippen molar-refractivity contribution in [1.29, 1.82) is 0 Å². The van der Waals surface area contributed by atoms with Crippen LogP contribution >= 0.6 is 0 Å². The molecule has 5 N–H and O–H groups in total. The van der Waals surface area contributed by atoms with Crippen LogP contribution in [0.5, 0.6) is 0 Å². The van der Waals surface area contributed by atoms with Crippen molar-refractivity contribution < 1.29 is 29.7 Å². The van der Waals surface area contributed by atoms with Gasteiger partial charge in [0.15, 0.2) is 0 Å². The molecule has 266 valence electrons. The van der Waals surface area contributed by atoms with Crippen molar-refractivity contribution in [2.24, 2.45) is 56.7 Å². The van der Waals surface area contributed by atoms with Gasteiger partial charge in [0.2, 0.25) is 5.91 Å². The smallest absolute Gasteiger partial charge is 0.326 e. The van der Waals surface area contributed by atoms with Gasteiger partial charge in [-0.2, -0.15) is 0 Å². The molecule has 0 radical (unpaired) electrons. The van der Waals surface area contributed by atoms with Crippen LogP contribution < -0.4 is 5.32 Å². The van der Waals surface area contributed by atoms with Gasteiger partial charge < -0.3 is 25.6 Å². The second kappa shape index (κ2) is 11.4. The van der Waals surface area contributed by atoms with Crippen LogP contribution in [0.4, 0.5) is 0 Å². The van der Waals surface area contributed by atoms with E-state index in [1.807, 2.05) is 30.5 Å². The Morgan fingerprint density at radius 2 is 1.65 bits per heavy atom. The van der Waals surface area contributed by atoms with Gasteiger partial charge >= 0.3 is 11.9 Å². The van der Waals surface area contributed by atoms with Crippen LogP contribution in [-0.2, 0) is 20.8 Å². The standard InChI is InChI=1S/C41H56N2O6/c1-23(2)25-13-18-41(35(47)43-29(34(45)46)21-24-22-42-28-10-8-7-9-26(24)28)20-19-38(4)27(33(25)41)11-12-30-37(3)16-15-32(44)40(6,36(48)49)31(37)14-17-39(30,38)5/h7-10,22,25,27,29-33,42,44H,1,11-21H2,2-6H3,(H,43,47)(H,45,46)(H,48,49)/t25-,27+,29-,30+,31+,32+,33+,37+,38+,39+,40-,41-/m0/s1. The summed E-state index contributed by atoms with van der Waals surface area (Å²) in [5.74, 6) is -1.24. The van der Waals surface area contributed by atoms with Crippen LogP contribution in [0.1, 0.15) is 104 Å². The molecule has 1 amide bonds. The molecule has 8 heteroatoms. The van der Waals surface area contributed by atoms with E-state index >= 15 is 0 Å². The Hall–Kier alpha value is -3.13. The summed E-state index contributed by atoms with van der Waals surface area (Å²) in [5, 5.41) is 36.0. The number of nitrogens with one attached hydrogen (secondary N) is 2. The predicted octanol–water partition coefficient (Wildman–Crippen LogP) is 7.36. The van der Waals surface area contributed by atoms with E-state index in [1.54, 1.807) is 6.92 Å². The number of benzene rings is 1. The number of aromatic nitrogens is 1. The molecule has 1 aromatic heterocycles. The summed E-state index contributed by atoms with van der Waals surface area (Å²) in [6.07, 6.45) is 9.42. The molecular formula is C41H56N2O6. The molecule has 12 atom stereocenters. The number of carbonyl (C=O) groups excluding carboxylic acids is 1. The van der Waals surface area contributed by atoms with E-state index in [1.165, 1.54) is 0 Å². The lowest BCUT2D eigenvalue weighted by Crippen LogP contribution is -2.68. The number of rotatable bonds is 7. The van der Waals surface area contributed by atoms with Crippen molar-refractivity contribution in [2.75, 3.05) is 0 Å². The number of aliphatic carboxylic acids is 2. The Labute approximate surface area is 290 Å². The van der Waals surface area contributed by atoms with Crippen LogP contribution in [0.2, 0.25) is 0 Å². The number of hydrogen-bond acceptors (Lipinski definition) is 4. The molecule has 5 fully saturated rings. The number of aromatic amines is 1. The number of para-hydroxylation sites is 1. The average molecular weight is 673 g/mol. The fourth-order valence-electron chi connectivity index (χ4n) is 13.5. The highest BCUT2D eigenvalue weighted by molar-refractivity contribution is 5.89. The average Bonchev–Trinajstić information content (AvgIpc) is 3.65. The topological polar surface area (TPSA) is 140 Å². The number of carbonyl (C=O) groups is 3. The second-order valence-electron chi connectivity index (χ2n) is 17.9. The molecule has 49 heavy (non-hydrogen) atoms. The molecule has 0 aliphatic heterocycles. The zero-order valence-electron chi connectivity index (χ0n) is 30.0. The Morgan fingerprint density at radius 3 is 2.35 bits per heavy atom. The first-order valence-electron chi connectivity index (χ1n) is 18.7. The van der Waals surface area contributed by atoms with Gasteiger partial charge in [-0.1, -0.05) is 51.1 Å². The minimum Gasteiger partial charge on any atom is -0.481 e. The lowest BCUT2D eigenvalue weighted by Gasteiger charge is -2.72. The van der Waals surface area contributed by atoms with Crippen LogP contribution in [0.15, 0.2) is 42.6 Å². The number of carboxylic acids is 2. The van der Waals surface area contributed by atoms with Crippen LogP contribution in [0, 0.1) is 56.7 Å². The number of carboxylic acid groups (broad SMARTS) is 2. The summed E-state index contributed by atoms with van der Waals surface area (Å²) in [5.41, 5.74) is 0.818. The first-order chi connectivity index (χ1) is 23.0. The maximum absolute atomic E-state index is 14.7. The third kappa shape index (κ3) is 4.60. The first-order valence-corrected chi connectivity index (χ1v) is 18.7. The van der Waals surface area contributed by atoms with E-state index in [9.17, 15) is 29.7 Å². The highest BCUT2D eigenvalue weighted by atomic mass is 16.4. The van der Waals surface area contributed by atoms with E-state index in [0.717, 1.165) is 73.4 Å². The van der Waals surface area contributed by atoms with E-state index in [-0.39, 0.29) is 52.2 Å². The van der Waals surface area contributed by atoms with Gasteiger partial charge in [0.25, 0.3) is 0 Å². The molecule has 8 nitrogen and oxygen atoms in total. The number of allylic oxidation sites excluding steroid dienone is 1. The fraction of sp³-hybridized carbons (Fsp3) is 0.683. The zero-order valence-corrected chi connectivity index (χ0v) is 30.0. The lowest BCUT2D eigenvalue weighted by atomic mass is 9.32. The quantitative estimate of drug-likeness (QED) is 0.195. The molecule has 0 bridgehead atoms. The van der Waals surface area contributed by atoms with Gasteiger partial charge in [0.05, 0.1) is 16.9 Å². The summed E-state index contributed by atoms with van der Waals surface area (Å²) >= 11 is 0. The molecule has 0 spiro atoms. The van der Waals surface area contributed by atoms with Crippen LogP contribution in [0.25, 0.3) is 10.9 Å². The van der Waals surface area contributed by atoms with Crippen molar-refractivity contribution >= 4 is 28.7 Å². The number of fused-ring (bicyclic) bond motifs is 8. The van der Waals surface area contributed by atoms with Gasteiger partial charge in [-0.3, -0.25) is 9.59 Å². The van der Waals surface area contributed by atoms with Crippen molar-refractivity contribution in [3.8, 4) is 0 Å². The van der Waals surface area contributed by atoms with Crippen molar-refractivity contribution in [3.63, 3.8) is 0 Å². The Bertz CT molecular complexity index is 1700. The van der Waals surface area contributed by atoms with E-state index in [2.05, 4.69) is 44.6 Å². The minimum atomic E-state index is -1.16. The van der Waals surface area contributed by atoms with E-state index in [0.29, 0.717) is 18.8 Å². The normalized spacial score (nSPS) is 43.4. The predicted molar refractivity (Wildman–Crippen MR) is 189 cm³/mol.